The van der Waals surface area contributed by atoms with Crippen molar-refractivity contribution in [3.8, 4) is 0 Å². The van der Waals surface area contributed by atoms with Gasteiger partial charge in [-0.2, -0.15) is 0 Å². The van der Waals surface area contributed by atoms with E-state index in [2.05, 4.69) is 70.6 Å². The van der Waals surface area contributed by atoms with Gasteiger partial charge in [-0.1, -0.05) is 46.7 Å². The zero-order valence-electron chi connectivity index (χ0n) is 27.6. The Morgan fingerprint density at radius 3 is 2.16 bits per heavy atom. The molecule has 2 aromatic rings. The number of rotatable bonds is 15. The molecule has 1 amide bonds. The first-order chi connectivity index (χ1) is 20.7. The highest BCUT2D eigenvalue weighted by Crippen LogP contribution is 2.37. The Balaban J connectivity index is 2.19. The highest BCUT2D eigenvalue weighted by atomic mass is 127. The van der Waals surface area contributed by atoms with Crippen LogP contribution in [0.2, 0.25) is 36.3 Å². The van der Waals surface area contributed by atoms with Crippen LogP contribution >= 0.6 is 22.6 Å². The molecule has 0 saturated carbocycles. The molecule has 0 spiro atoms. The molecule has 2 N–H and O–H groups in total. The quantitative estimate of drug-likeness (QED) is 0.0468. The molecule has 0 heterocycles. The maximum atomic E-state index is 15.4. The zero-order valence-corrected chi connectivity index (χ0v) is 31.8. The molecule has 0 radical (unpaired) electrons. The first-order valence-corrected chi connectivity index (χ1v) is 21.3. The number of benzene rings is 2. The number of amides is 1. The predicted molar refractivity (Wildman–Crippen MR) is 183 cm³/mol. The molecule has 0 saturated heterocycles. The lowest BCUT2D eigenvalue weighted by atomic mass is 10.1. The molecule has 45 heavy (non-hydrogen) atoms. The van der Waals surface area contributed by atoms with Crippen molar-refractivity contribution >= 4 is 62.7 Å². The number of halogens is 4. The smallest absolute Gasteiger partial charge is 0.277 e. The van der Waals surface area contributed by atoms with Crippen LogP contribution in [0.5, 0.6) is 0 Å². The van der Waals surface area contributed by atoms with Gasteiger partial charge in [0.1, 0.15) is 19.0 Å². The summed E-state index contributed by atoms with van der Waals surface area (Å²) in [4.78, 5) is 28.8. The molecule has 0 aliphatic rings. The molecule has 0 aromatic heterocycles. The summed E-state index contributed by atoms with van der Waals surface area (Å²) in [6, 6.07) is 5.19. The second-order valence-electron chi connectivity index (χ2n) is 13.4. The van der Waals surface area contributed by atoms with Crippen LogP contribution < -0.4 is 10.8 Å². The van der Waals surface area contributed by atoms with Crippen molar-refractivity contribution in [1.29, 1.82) is 0 Å². The first-order valence-electron chi connectivity index (χ1n) is 14.4. The number of nitrogens with zero attached hydrogens (tertiary/aromatic N) is 1. The Labute approximate surface area is 279 Å². The van der Waals surface area contributed by atoms with E-state index >= 15 is 8.78 Å². The van der Waals surface area contributed by atoms with E-state index in [1.165, 1.54) is 12.1 Å². The molecular formula is C30H45F3IN3O6Si2. The third-order valence-electron chi connectivity index (χ3n) is 7.89. The Hall–Kier alpha value is -2.03. The van der Waals surface area contributed by atoms with Crippen molar-refractivity contribution in [3.05, 3.63) is 56.4 Å². The molecule has 0 aliphatic heterocycles. The minimum atomic E-state index is -2.12. The molecule has 9 nitrogen and oxygen atoms in total. The number of hydrogen-bond donors (Lipinski definition) is 2. The summed E-state index contributed by atoms with van der Waals surface area (Å²) in [5, 5.41) is 6.12. The van der Waals surface area contributed by atoms with Crippen LogP contribution in [-0.2, 0) is 23.6 Å². The van der Waals surface area contributed by atoms with E-state index in [0.29, 0.717) is 3.57 Å². The number of carbonyl (C=O) groups is 1. The molecule has 252 valence electrons. The van der Waals surface area contributed by atoms with Gasteiger partial charge in [0.05, 0.1) is 36.4 Å². The molecule has 0 atom stereocenters. The van der Waals surface area contributed by atoms with Crippen LogP contribution in [0.4, 0.5) is 24.5 Å². The number of anilines is 2. The van der Waals surface area contributed by atoms with E-state index in [4.69, 9.17) is 23.6 Å². The number of hydrogen-bond acceptors (Lipinski definition) is 8. The van der Waals surface area contributed by atoms with Gasteiger partial charge in [0.15, 0.2) is 20.0 Å². The normalized spacial score (nSPS) is 12.9. The summed E-state index contributed by atoms with van der Waals surface area (Å²) >= 11 is 1.92. The van der Waals surface area contributed by atoms with Crippen molar-refractivity contribution in [2.75, 3.05) is 31.7 Å². The van der Waals surface area contributed by atoms with Gasteiger partial charge in [0, 0.05) is 9.13 Å². The molecule has 0 unspecified atom stereocenters. The van der Waals surface area contributed by atoms with Crippen LogP contribution in [0.1, 0.15) is 57.5 Å². The molecule has 2 aromatic carbocycles. The molecule has 0 aliphatic carbocycles. The predicted octanol–water partition coefficient (Wildman–Crippen LogP) is 8.44. The van der Waals surface area contributed by atoms with Gasteiger partial charge in [0.25, 0.3) is 5.91 Å². The summed E-state index contributed by atoms with van der Waals surface area (Å²) in [5.41, 5.74) is 0.751. The van der Waals surface area contributed by atoms with E-state index in [0.717, 1.165) is 12.3 Å². The van der Waals surface area contributed by atoms with Crippen molar-refractivity contribution in [2.45, 2.75) is 77.8 Å². The first kappa shape index (κ1) is 39.2. The highest BCUT2D eigenvalue weighted by molar-refractivity contribution is 14.1. The third kappa shape index (κ3) is 11.3. The lowest BCUT2D eigenvalue weighted by Crippen LogP contribution is -2.41. The van der Waals surface area contributed by atoms with Crippen molar-refractivity contribution in [2.24, 2.45) is 5.16 Å². The van der Waals surface area contributed by atoms with Crippen LogP contribution in [-0.4, -0.2) is 55.2 Å². The second kappa shape index (κ2) is 16.2. The Morgan fingerprint density at radius 1 is 0.911 bits per heavy atom. The third-order valence-corrected chi connectivity index (χ3v) is 17.2. The molecule has 0 bridgehead atoms. The standard InChI is InChI=1S/C30H45F3IN3O6Si2/c1-29(2,3)44(7,8)42-16-14-40-37-28(38)22-17-20(19-35-39-13-15-41-43-45(9,10)30(4,5)6)25(32)26(33)27(22)36-24-12-11-21(34)18-23(24)31/h11-12,17-19,36H,13-16H2,1-10H3,(H,37,38)/b35-19+. The largest absolute Gasteiger partial charge is 0.414 e. The number of carbonyl (C=O) groups excluding carboxylic acids is 1. The Bertz CT molecular complexity index is 1350. The highest BCUT2D eigenvalue weighted by Gasteiger charge is 2.39. The van der Waals surface area contributed by atoms with Crippen LogP contribution in [0.25, 0.3) is 0 Å². The van der Waals surface area contributed by atoms with Gasteiger partial charge in [-0.3, -0.25) is 14.2 Å². The van der Waals surface area contributed by atoms with Gasteiger partial charge >= 0.3 is 0 Å². The average molecular weight is 784 g/mol. The van der Waals surface area contributed by atoms with Crippen LogP contribution in [0.3, 0.4) is 0 Å². The molecule has 0 fully saturated rings. The summed E-state index contributed by atoms with van der Waals surface area (Å²) in [7, 11) is -4.16. The molecular weight excluding hydrogens is 738 g/mol. The van der Waals surface area contributed by atoms with Gasteiger partial charge in [-0.25, -0.2) is 23.5 Å². The van der Waals surface area contributed by atoms with Crippen molar-refractivity contribution < 1.29 is 41.5 Å². The number of hydroxylamine groups is 1. The molecule has 15 heteroatoms. The topological polar surface area (TPSA) is 99.6 Å². The maximum absolute atomic E-state index is 15.4. The fraction of sp³-hybridized carbons (Fsp3) is 0.533. The number of oxime groups is 1. The van der Waals surface area contributed by atoms with Crippen LogP contribution in [0.15, 0.2) is 29.4 Å². The minimum absolute atomic E-state index is 0.0135. The van der Waals surface area contributed by atoms with E-state index in [-0.39, 0.29) is 53.3 Å². The minimum Gasteiger partial charge on any atom is -0.414 e. The fourth-order valence-corrected chi connectivity index (χ4v) is 5.13. The van der Waals surface area contributed by atoms with E-state index in [9.17, 15) is 9.18 Å². The zero-order chi connectivity index (χ0) is 34.2. The van der Waals surface area contributed by atoms with Crippen LogP contribution in [0, 0.1) is 21.0 Å². The summed E-state index contributed by atoms with van der Waals surface area (Å²) < 4.78 is 57.4. The van der Waals surface area contributed by atoms with E-state index < -0.39 is 45.7 Å². The number of nitrogens with one attached hydrogen (secondary N) is 2. The lowest BCUT2D eigenvalue weighted by Gasteiger charge is -2.36. The Kier molecular flexibility index (Phi) is 14.1. The van der Waals surface area contributed by atoms with E-state index in [1.807, 2.05) is 35.7 Å². The SMILES string of the molecule is CC(C)(C)[Si](C)(C)OCCONC(=O)c1cc(/C=N/OCCOO[Si](C)(C)C(C)(C)C)c(F)c(F)c1Nc1ccc(I)cc1F. The Morgan fingerprint density at radius 2 is 1.56 bits per heavy atom. The van der Waals surface area contributed by atoms with Gasteiger partial charge < -0.3 is 14.6 Å². The summed E-state index contributed by atoms with van der Waals surface area (Å²) in [6.07, 6.45) is 0.924. The van der Waals surface area contributed by atoms with E-state index in [1.54, 1.807) is 6.07 Å². The molecule has 2 rings (SSSR count). The maximum Gasteiger partial charge on any atom is 0.277 e. The van der Waals surface area contributed by atoms with Crippen molar-refractivity contribution in [3.63, 3.8) is 0 Å². The fourth-order valence-electron chi connectivity index (χ4n) is 3.03. The van der Waals surface area contributed by atoms with Gasteiger partial charge in [0.2, 0.25) is 8.32 Å². The van der Waals surface area contributed by atoms with Gasteiger partial charge in [-0.05, 0) is 83.1 Å². The second-order valence-corrected chi connectivity index (χ2v) is 24.1. The van der Waals surface area contributed by atoms with Gasteiger partial charge in [-0.15, -0.1) is 0 Å². The summed E-state index contributed by atoms with van der Waals surface area (Å²) in [6.45, 7) is 21.0. The monoisotopic (exact) mass is 783 g/mol. The van der Waals surface area contributed by atoms with Crippen molar-refractivity contribution in [1.82, 2.24) is 5.48 Å². The average Bonchev–Trinajstić information content (AvgIpc) is 2.91. The lowest BCUT2D eigenvalue weighted by molar-refractivity contribution is -0.228. The summed E-state index contributed by atoms with van der Waals surface area (Å²) in [5.74, 6) is -4.37.